The quantitative estimate of drug-likeness (QED) is 0.921. The highest BCUT2D eigenvalue weighted by atomic mass is 32.2. The van der Waals surface area contributed by atoms with Gasteiger partial charge in [0, 0.05) is 17.5 Å². The maximum atomic E-state index is 5.37. The molecule has 1 aromatic carbocycles. The second-order valence-electron chi connectivity index (χ2n) is 5.22. The van der Waals surface area contributed by atoms with E-state index in [1.54, 1.807) is 11.8 Å². The molecule has 0 aliphatic carbocycles. The summed E-state index contributed by atoms with van der Waals surface area (Å²) >= 11 is 1.79. The molecule has 1 unspecified atom stereocenters. The summed E-state index contributed by atoms with van der Waals surface area (Å²) in [5.41, 5.74) is 1.00. The van der Waals surface area contributed by atoms with Gasteiger partial charge in [0.2, 0.25) is 6.79 Å². The molecule has 1 aromatic rings. The number of hydrogen-bond acceptors (Lipinski definition) is 5. The van der Waals surface area contributed by atoms with Crippen LogP contribution in [0.25, 0.3) is 0 Å². The Bertz CT molecular complexity index is 502. The highest BCUT2D eigenvalue weighted by Gasteiger charge is 2.20. The van der Waals surface area contributed by atoms with Gasteiger partial charge in [0.15, 0.2) is 16.7 Å². The molecule has 2 heterocycles. The number of anilines is 1. The summed E-state index contributed by atoms with van der Waals surface area (Å²) < 4.78 is 10.7. The van der Waals surface area contributed by atoms with E-state index in [1.165, 1.54) is 0 Å². The first-order valence-corrected chi connectivity index (χ1v) is 7.56. The summed E-state index contributed by atoms with van der Waals surface area (Å²) in [7, 11) is 0. The summed E-state index contributed by atoms with van der Waals surface area (Å²) in [4.78, 5) is 4.71. The fraction of sp³-hybridized carbons (Fsp3) is 0.500. The van der Waals surface area contributed by atoms with Crippen molar-refractivity contribution < 1.29 is 9.47 Å². The van der Waals surface area contributed by atoms with E-state index < -0.39 is 0 Å². The smallest absolute Gasteiger partial charge is 0.231 e. The van der Waals surface area contributed by atoms with Gasteiger partial charge in [-0.1, -0.05) is 25.6 Å². The molecule has 1 atom stereocenters. The third kappa shape index (κ3) is 2.97. The minimum atomic E-state index is 0.310. The summed E-state index contributed by atoms with van der Waals surface area (Å²) in [6.45, 7) is 4.79. The number of fused-ring (bicyclic) bond motifs is 1. The molecule has 0 aromatic heterocycles. The molecule has 0 saturated carbocycles. The van der Waals surface area contributed by atoms with Gasteiger partial charge in [-0.15, -0.1) is 0 Å². The maximum absolute atomic E-state index is 5.37. The van der Waals surface area contributed by atoms with E-state index in [2.05, 4.69) is 19.2 Å². The number of benzene rings is 1. The first-order valence-electron chi connectivity index (χ1n) is 6.58. The number of rotatable bonds is 3. The maximum Gasteiger partial charge on any atom is 0.231 e. The zero-order valence-corrected chi connectivity index (χ0v) is 12.0. The van der Waals surface area contributed by atoms with Crippen molar-refractivity contribution in [3.8, 4) is 11.5 Å². The Labute approximate surface area is 117 Å². The van der Waals surface area contributed by atoms with Gasteiger partial charge in [0.25, 0.3) is 0 Å². The Morgan fingerprint density at radius 1 is 1.37 bits per heavy atom. The third-order valence-electron chi connectivity index (χ3n) is 3.08. The van der Waals surface area contributed by atoms with Gasteiger partial charge in [0.05, 0.1) is 6.04 Å². The van der Waals surface area contributed by atoms with E-state index in [-0.39, 0.29) is 0 Å². The minimum Gasteiger partial charge on any atom is -0.454 e. The molecule has 0 radical (unpaired) electrons. The Hall–Kier alpha value is -1.36. The van der Waals surface area contributed by atoms with Crippen LogP contribution in [0.15, 0.2) is 23.2 Å². The second-order valence-corrected chi connectivity index (χ2v) is 6.23. The lowest BCUT2D eigenvalue weighted by Gasteiger charge is -2.07. The molecule has 2 aliphatic heterocycles. The van der Waals surface area contributed by atoms with Crippen molar-refractivity contribution >= 4 is 22.6 Å². The van der Waals surface area contributed by atoms with E-state index in [0.717, 1.165) is 34.5 Å². The molecule has 4 nitrogen and oxygen atoms in total. The van der Waals surface area contributed by atoms with Crippen LogP contribution < -0.4 is 14.8 Å². The Kier molecular flexibility index (Phi) is 3.55. The second kappa shape index (κ2) is 5.33. The molecule has 0 bridgehead atoms. The topological polar surface area (TPSA) is 42.8 Å². The Morgan fingerprint density at radius 2 is 2.21 bits per heavy atom. The number of nitrogens with zero attached hydrogens (tertiary/aromatic N) is 1. The fourth-order valence-electron chi connectivity index (χ4n) is 2.25. The molecule has 3 rings (SSSR count). The standard InChI is InChI=1S/C14H18N2O2S/c1-9(2)5-11-7-19-14(16-11)15-10-3-4-12-13(6-10)18-8-17-12/h3-4,6,9,11H,5,7-8H2,1-2H3,(H,15,16). The predicted octanol–water partition coefficient (Wildman–Crippen LogP) is 3.34. The average Bonchev–Trinajstić information content (AvgIpc) is 2.97. The van der Waals surface area contributed by atoms with Gasteiger partial charge >= 0.3 is 0 Å². The highest BCUT2D eigenvalue weighted by Crippen LogP contribution is 2.35. The molecular weight excluding hydrogens is 260 g/mol. The molecule has 0 spiro atoms. The first-order chi connectivity index (χ1) is 9.20. The van der Waals surface area contributed by atoms with Gasteiger partial charge in [-0.05, 0) is 24.5 Å². The van der Waals surface area contributed by atoms with Gasteiger partial charge in [-0.2, -0.15) is 0 Å². The predicted molar refractivity (Wildman–Crippen MR) is 79.3 cm³/mol. The number of thioether (sulfide) groups is 1. The SMILES string of the molecule is CC(C)CC1CSC(Nc2ccc3c(c2)OCO3)=N1. The van der Waals surface area contributed by atoms with Crippen molar-refractivity contribution in [1.82, 2.24) is 0 Å². The molecule has 5 heteroatoms. The van der Waals surface area contributed by atoms with Crippen molar-refractivity contribution in [3.63, 3.8) is 0 Å². The number of ether oxygens (including phenoxy) is 2. The van der Waals surface area contributed by atoms with Crippen LogP contribution in [0.1, 0.15) is 20.3 Å². The fourth-order valence-corrected chi connectivity index (χ4v) is 3.22. The molecule has 102 valence electrons. The number of nitrogens with one attached hydrogen (secondary N) is 1. The van der Waals surface area contributed by atoms with Crippen LogP contribution in [-0.4, -0.2) is 23.8 Å². The van der Waals surface area contributed by atoms with Crippen LogP contribution in [0, 0.1) is 5.92 Å². The average molecular weight is 278 g/mol. The third-order valence-corrected chi connectivity index (χ3v) is 4.11. The van der Waals surface area contributed by atoms with Gasteiger partial charge in [0.1, 0.15) is 0 Å². The lowest BCUT2D eigenvalue weighted by atomic mass is 10.1. The molecule has 0 fully saturated rings. The van der Waals surface area contributed by atoms with Crippen LogP contribution in [0.2, 0.25) is 0 Å². The molecular formula is C14H18N2O2S. The van der Waals surface area contributed by atoms with Crippen LogP contribution >= 0.6 is 11.8 Å². The zero-order chi connectivity index (χ0) is 13.2. The van der Waals surface area contributed by atoms with E-state index in [1.807, 2.05) is 18.2 Å². The first kappa shape index (κ1) is 12.7. The lowest BCUT2D eigenvalue weighted by molar-refractivity contribution is 0.174. The van der Waals surface area contributed by atoms with Crippen molar-refractivity contribution in [1.29, 1.82) is 0 Å². The summed E-state index contributed by atoms with van der Waals surface area (Å²) in [6, 6.07) is 6.32. The molecule has 0 amide bonds. The van der Waals surface area contributed by atoms with Gasteiger partial charge in [-0.3, -0.25) is 4.99 Å². The van der Waals surface area contributed by atoms with Gasteiger partial charge < -0.3 is 14.8 Å². The molecule has 2 aliphatic rings. The lowest BCUT2D eigenvalue weighted by Crippen LogP contribution is -2.08. The van der Waals surface area contributed by atoms with Crippen molar-refractivity contribution in [3.05, 3.63) is 18.2 Å². The summed E-state index contributed by atoms with van der Waals surface area (Å²) in [6.07, 6.45) is 1.15. The summed E-state index contributed by atoms with van der Waals surface area (Å²) in [5, 5.41) is 4.36. The number of amidine groups is 1. The summed E-state index contributed by atoms with van der Waals surface area (Å²) in [5.74, 6) is 3.38. The van der Waals surface area contributed by atoms with E-state index in [4.69, 9.17) is 14.5 Å². The van der Waals surface area contributed by atoms with Crippen LogP contribution in [0.5, 0.6) is 11.5 Å². The molecule has 0 saturated heterocycles. The van der Waals surface area contributed by atoms with E-state index in [0.29, 0.717) is 18.8 Å². The van der Waals surface area contributed by atoms with E-state index in [9.17, 15) is 0 Å². The zero-order valence-electron chi connectivity index (χ0n) is 11.2. The Balaban J connectivity index is 1.65. The van der Waals surface area contributed by atoms with Crippen LogP contribution in [0.4, 0.5) is 5.69 Å². The normalized spacial score (nSPS) is 20.8. The van der Waals surface area contributed by atoms with E-state index >= 15 is 0 Å². The molecule has 1 N–H and O–H groups in total. The van der Waals surface area contributed by atoms with Crippen molar-refractivity contribution in [2.24, 2.45) is 10.9 Å². The minimum absolute atomic E-state index is 0.310. The van der Waals surface area contributed by atoms with Crippen molar-refractivity contribution in [2.45, 2.75) is 26.3 Å². The number of aliphatic imine (C=N–C) groups is 1. The highest BCUT2D eigenvalue weighted by molar-refractivity contribution is 8.14. The largest absolute Gasteiger partial charge is 0.454 e. The van der Waals surface area contributed by atoms with Crippen LogP contribution in [-0.2, 0) is 0 Å². The monoisotopic (exact) mass is 278 g/mol. The van der Waals surface area contributed by atoms with Crippen LogP contribution in [0.3, 0.4) is 0 Å². The number of hydrogen-bond donors (Lipinski definition) is 1. The Morgan fingerprint density at radius 3 is 3.05 bits per heavy atom. The molecule has 19 heavy (non-hydrogen) atoms. The van der Waals surface area contributed by atoms with Crippen molar-refractivity contribution in [2.75, 3.05) is 17.9 Å². The van der Waals surface area contributed by atoms with Gasteiger partial charge in [-0.25, -0.2) is 0 Å².